The van der Waals surface area contributed by atoms with Gasteiger partial charge >= 0.3 is 11.6 Å². The summed E-state index contributed by atoms with van der Waals surface area (Å²) in [5.41, 5.74) is -2.53. The fraction of sp³-hybridized carbons (Fsp3) is 0.222. The van der Waals surface area contributed by atoms with Gasteiger partial charge in [0.25, 0.3) is 0 Å². The topological polar surface area (TPSA) is 108 Å². The third-order valence-electron chi connectivity index (χ3n) is 1.82. The summed E-state index contributed by atoms with van der Waals surface area (Å²) in [5.74, 6) is -3.73. The first-order chi connectivity index (χ1) is 6.86. The quantitative estimate of drug-likeness (QED) is 0.685. The summed E-state index contributed by atoms with van der Waals surface area (Å²) < 4.78 is 4.49. The van der Waals surface area contributed by atoms with Crippen molar-refractivity contribution in [3.05, 3.63) is 27.3 Å². The number of ketones is 1. The Morgan fingerprint density at radius 1 is 1.33 bits per heavy atom. The van der Waals surface area contributed by atoms with Crippen LogP contribution in [0.1, 0.15) is 33.4 Å². The largest absolute Gasteiger partial charge is 0.871 e. The molecule has 15 heavy (non-hydrogen) atoms. The first kappa shape index (κ1) is 11.0. The van der Waals surface area contributed by atoms with Crippen LogP contribution in [0.25, 0.3) is 0 Å². The van der Waals surface area contributed by atoms with Crippen molar-refractivity contribution in [1.82, 2.24) is 0 Å². The molecule has 0 aliphatic heterocycles. The fourth-order valence-corrected chi connectivity index (χ4v) is 1.17. The molecule has 0 fully saturated rings. The van der Waals surface area contributed by atoms with Gasteiger partial charge in [0.15, 0.2) is 5.78 Å². The zero-order valence-corrected chi connectivity index (χ0v) is 7.99. The summed E-state index contributed by atoms with van der Waals surface area (Å²) >= 11 is 0. The summed E-state index contributed by atoms with van der Waals surface area (Å²) in [7, 11) is 0. The van der Waals surface area contributed by atoms with E-state index in [0.717, 1.165) is 6.92 Å². The van der Waals surface area contributed by atoms with Crippen LogP contribution in [-0.4, -0.2) is 16.9 Å². The van der Waals surface area contributed by atoms with Gasteiger partial charge < -0.3 is 14.6 Å². The number of aromatic carboxylic acids is 1. The minimum atomic E-state index is -1.52. The molecule has 0 bridgehead atoms. The highest BCUT2D eigenvalue weighted by Crippen LogP contribution is 2.20. The van der Waals surface area contributed by atoms with E-state index in [4.69, 9.17) is 5.11 Å². The van der Waals surface area contributed by atoms with Gasteiger partial charge in [-0.25, -0.2) is 9.59 Å². The zero-order chi connectivity index (χ0) is 11.7. The van der Waals surface area contributed by atoms with E-state index in [9.17, 15) is 19.5 Å². The van der Waals surface area contributed by atoms with Gasteiger partial charge in [0.2, 0.25) is 0 Å². The van der Waals surface area contributed by atoms with E-state index in [0.29, 0.717) is 0 Å². The lowest BCUT2D eigenvalue weighted by Gasteiger charge is -2.14. The molecule has 0 unspecified atom stereocenters. The summed E-state index contributed by atoms with van der Waals surface area (Å²) in [4.78, 5) is 32.7. The lowest BCUT2D eigenvalue weighted by molar-refractivity contribution is -0.269. The van der Waals surface area contributed by atoms with E-state index < -0.39 is 34.3 Å². The molecule has 0 saturated carbocycles. The van der Waals surface area contributed by atoms with Gasteiger partial charge in [-0.05, 0) is 13.8 Å². The molecular formula is C9H7O6-. The Morgan fingerprint density at radius 3 is 2.27 bits per heavy atom. The lowest BCUT2D eigenvalue weighted by atomic mass is 10.1. The second kappa shape index (κ2) is 3.56. The lowest BCUT2D eigenvalue weighted by Crippen LogP contribution is -2.20. The highest BCUT2D eigenvalue weighted by atomic mass is 16.4. The van der Waals surface area contributed by atoms with E-state index in [1.807, 2.05) is 0 Å². The third kappa shape index (κ3) is 1.74. The Hall–Kier alpha value is -2.11. The van der Waals surface area contributed by atoms with E-state index in [2.05, 4.69) is 4.42 Å². The molecule has 0 aliphatic carbocycles. The first-order valence-corrected chi connectivity index (χ1v) is 3.95. The molecule has 0 atom stereocenters. The Balaban J connectivity index is 3.72. The van der Waals surface area contributed by atoms with Crippen molar-refractivity contribution in [3.63, 3.8) is 0 Å². The Morgan fingerprint density at radius 2 is 1.87 bits per heavy atom. The number of carbonyl (C=O) groups is 2. The Kier molecular flexibility index (Phi) is 2.61. The normalized spacial score (nSPS) is 10.0. The molecule has 0 saturated heterocycles. The predicted octanol–water partition coefficient (Wildman–Crippen LogP) is -0.0774. The molecule has 1 heterocycles. The van der Waals surface area contributed by atoms with Crippen molar-refractivity contribution in [2.24, 2.45) is 0 Å². The van der Waals surface area contributed by atoms with Crippen molar-refractivity contribution >= 4 is 11.8 Å². The van der Waals surface area contributed by atoms with Crippen LogP contribution in [0.15, 0.2) is 9.21 Å². The third-order valence-corrected chi connectivity index (χ3v) is 1.82. The van der Waals surface area contributed by atoms with Crippen LogP contribution < -0.4 is 10.7 Å². The Labute approximate surface area is 83.8 Å². The minimum absolute atomic E-state index is 0.303. The van der Waals surface area contributed by atoms with Gasteiger partial charge in [-0.1, -0.05) is 5.75 Å². The number of hydrogen-bond acceptors (Lipinski definition) is 5. The maximum absolute atomic E-state index is 11.4. The van der Waals surface area contributed by atoms with Crippen LogP contribution in [0.5, 0.6) is 5.75 Å². The molecule has 80 valence electrons. The standard InChI is InChI=1S/C9H8O6/c1-3(10)5-7(11)6(8(12)13)4(2)15-9(5)14/h11H,1-2H3,(H,12,13)/p-1. The van der Waals surface area contributed by atoms with Crippen LogP contribution in [0.3, 0.4) is 0 Å². The number of carbonyl (C=O) groups excluding carboxylic acids is 1. The molecule has 0 spiro atoms. The predicted molar refractivity (Wildman–Crippen MR) is 46.1 cm³/mol. The summed E-state index contributed by atoms with van der Waals surface area (Å²) in [5, 5.41) is 20.1. The van der Waals surface area contributed by atoms with Gasteiger partial charge in [0, 0.05) is 0 Å². The molecule has 1 rings (SSSR count). The fourth-order valence-electron chi connectivity index (χ4n) is 1.17. The average molecular weight is 211 g/mol. The molecule has 1 N–H and O–H groups in total. The second-order valence-corrected chi connectivity index (χ2v) is 2.89. The maximum atomic E-state index is 11.4. The van der Waals surface area contributed by atoms with Crippen molar-refractivity contribution < 1.29 is 24.2 Å². The average Bonchev–Trinajstić information content (AvgIpc) is 1.99. The van der Waals surface area contributed by atoms with E-state index in [-0.39, 0.29) is 5.76 Å². The van der Waals surface area contributed by atoms with Crippen molar-refractivity contribution in [1.29, 1.82) is 0 Å². The maximum Gasteiger partial charge on any atom is 0.346 e. The van der Waals surface area contributed by atoms with Gasteiger partial charge in [-0.3, -0.25) is 4.79 Å². The highest BCUT2D eigenvalue weighted by molar-refractivity contribution is 6.01. The first-order valence-electron chi connectivity index (χ1n) is 3.95. The van der Waals surface area contributed by atoms with Gasteiger partial charge in [-0.15, -0.1) is 0 Å². The number of aryl methyl sites for hydroxylation is 1. The van der Waals surface area contributed by atoms with Crippen molar-refractivity contribution in [3.8, 4) is 5.75 Å². The molecule has 0 aromatic carbocycles. The number of carboxylic acids is 1. The number of hydrogen-bond donors (Lipinski definition) is 1. The van der Waals surface area contributed by atoms with Gasteiger partial charge in [0.1, 0.15) is 5.76 Å². The van der Waals surface area contributed by atoms with Crippen LogP contribution >= 0.6 is 0 Å². The van der Waals surface area contributed by atoms with Gasteiger partial charge in [-0.2, -0.15) is 0 Å². The van der Waals surface area contributed by atoms with Crippen molar-refractivity contribution in [2.45, 2.75) is 13.8 Å². The molecule has 0 aliphatic rings. The van der Waals surface area contributed by atoms with Gasteiger partial charge in [0.05, 0.1) is 11.1 Å². The van der Waals surface area contributed by atoms with E-state index >= 15 is 0 Å². The number of carboxylic acid groups (broad SMARTS) is 1. The van der Waals surface area contributed by atoms with Crippen LogP contribution in [0.2, 0.25) is 0 Å². The van der Waals surface area contributed by atoms with E-state index in [1.54, 1.807) is 0 Å². The minimum Gasteiger partial charge on any atom is -0.871 e. The zero-order valence-electron chi connectivity index (χ0n) is 7.99. The Bertz CT molecular complexity index is 496. The molecule has 6 nitrogen and oxygen atoms in total. The summed E-state index contributed by atoms with van der Waals surface area (Å²) in [6.45, 7) is 2.17. The highest BCUT2D eigenvalue weighted by Gasteiger charge is 2.18. The number of Topliss-reactive ketones (excluding diaryl/α,β-unsaturated/α-hetero) is 1. The van der Waals surface area contributed by atoms with Crippen molar-refractivity contribution in [2.75, 3.05) is 0 Å². The molecule has 1 aromatic rings. The van der Waals surface area contributed by atoms with Crippen LogP contribution in [-0.2, 0) is 0 Å². The SMILES string of the molecule is CC(=O)c1c([O-])c(C(=O)O)c(C)oc1=O. The smallest absolute Gasteiger partial charge is 0.346 e. The monoisotopic (exact) mass is 211 g/mol. The summed E-state index contributed by atoms with van der Waals surface area (Å²) in [6, 6.07) is 0. The molecule has 1 aromatic heterocycles. The molecule has 0 radical (unpaired) electrons. The second-order valence-electron chi connectivity index (χ2n) is 2.89. The molecule has 6 heteroatoms. The molecular weight excluding hydrogens is 204 g/mol. The van der Waals surface area contributed by atoms with E-state index in [1.165, 1.54) is 6.92 Å². The summed E-state index contributed by atoms with van der Waals surface area (Å²) in [6.07, 6.45) is 0. The van der Waals surface area contributed by atoms with Crippen LogP contribution in [0.4, 0.5) is 0 Å². The number of rotatable bonds is 2. The van der Waals surface area contributed by atoms with Crippen LogP contribution in [0, 0.1) is 6.92 Å². The molecule has 0 amide bonds.